The molecule has 0 saturated carbocycles. The third-order valence-corrected chi connectivity index (χ3v) is 4.05. The first-order valence-electron chi connectivity index (χ1n) is 9.13. The van der Waals surface area contributed by atoms with Gasteiger partial charge in [-0.2, -0.15) is 0 Å². The molecule has 7 nitrogen and oxygen atoms in total. The predicted molar refractivity (Wildman–Crippen MR) is 110 cm³/mol. The van der Waals surface area contributed by atoms with Gasteiger partial charge in [0, 0.05) is 5.69 Å². The molecular weight excluding hydrogens is 398 g/mol. The highest BCUT2D eigenvalue weighted by Gasteiger charge is 2.19. The average molecular weight is 422 g/mol. The van der Waals surface area contributed by atoms with E-state index >= 15 is 0 Å². The number of amides is 1. The van der Waals surface area contributed by atoms with Gasteiger partial charge in [-0.3, -0.25) is 4.79 Å². The highest BCUT2D eigenvalue weighted by molar-refractivity contribution is 6.32. The number of hydrogen-bond acceptors (Lipinski definition) is 6. The van der Waals surface area contributed by atoms with E-state index in [0.29, 0.717) is 34.6 Å². The summed E-state index contributed by atoms with van der Waals surface area (Å²) in [6, 6.07) is 11.8. The molecule has 0 spiro atoms. The molecule has 1 amide bonds. The van der Waals surface area contributed by atoms with Crippen molar-refractivity contribution in [1.29, 1.82) is 0 Å². The van der Waals surface area contributed by atoms with Crippen LogP contribution in [0.3, 0.4) is 0 Å². The molecule has 0 aliphatic heterocycles. The van der Waals surface area contributed by atoms with Gasteiger partial charge in [0.05, 0.1) is 18.7 Å². The Bertz CT molecular complexity index is 842. The van der Waals surface area contributed by atoms with Gasteiger partial charge in [0.25, 0.3) is 5.91 Å². The number of hydrogen-bond donors (Lipinski definition) is 1. The van der Waals surface area contributed by atoms with Crippen molar-refractivity contribution >= 4 is 29.2 Å². The fourth-order valence-electron chi connectivity index (χ4n) is 2.31. The maximum atomic E-state index is 12.2. The van der Waals surface area contributed by atoms with Gasteiger partial charge in [-0.25, -0.2) is 4.79 Å². The predicted octanol–water partition coefficient (Wildman–Crippen LogP) is 4.09. The topological polar surface area (TPSA) is 83.1 Å². The fourth-order valence-corrected chi connectivity index (χ4v) is 2.57. The van der Waals surface area contributed by atoms with Crippen molar-refractivity contribution in [2.45, 2.75) is 26.4 Å². The van der Waals surface area contributed by atoms with Crippen molar-refractivity contribution in [1.82, 2.24) is 0 Å². The fraction of sp³-hybridized carbons (Fsp3) is 0.333. The molecule has 0 aliphatic carbocycles. The lowest BCUT2D eigenvalue weighted by atomic mass is 10.3. The van der Waals surface area contributed by atoms with Gasteiger partial charge in [0.15, 0.2) is 24.2 Å². The van der Waals surface area contributed by atoms with Crippen molar-refractivity contribution < 1.29 is 28.5 Å². The molecule has 0 saturated heterocycles. The zero-order chi connectivity index (χ0) is 21.2. The summed E-state index contributed by atoms with van der Waals surface area (Å²) in [7, 11) is 1.50. The molecule has 1 N–H and O–H groups in total. The van der Waals surface area contributed by atoms with Crippen molar-refractivity contribution in [3.63, 3.8) is 0 Å². The van der Waals surface area contributed by atoms with Gasteiger partial charge >= 0.3 is 5.97 Å². The van der Waals surface area contributed by atoms with Gasteiger partial charge < -0.3 is 24.3 Å². The van der Waals surface area contributed by atoms with E-state index in [-0.39, 0.29) is 6.61 Å². The molecule has 0 radical (unpaired) electrons. The largest absolute Gasteiger partial charge is 0.495 e. The highest BCUT2D eigenvalue weighted by atomic mass is 35.5. The van der Waals surface area contributed by atoms with Crippen LogP contribution in [-0.4, -0.2) is 38.3 Å². The number of benzene rings is 2. The van der Waals surface area contributed by atoms with E-state index in [1.165, 1.54) is 14.0 Å². The second-order valence-corrected chi connectivity index (χ2v) is 6.46. The molecule has 2 rings (SSSR count). The van der Waals surface area contributed by atoms with Crippen LogP contribution in [0, 0.1) is 0 Å². The number of rotatable bonds is 10. The lowest BCUT2D eigenvalue weighted by Gasteiger charge is -2.15. The Morgan fingerprint density at radius 2 is 1.76 bits per heavy atom. The minimum absolute atomic E-state index is 0.349. The van der Waals surface area contributed by atoms with Crippen molar-refractivity contribution in [2.75, 3.05) is 25.6 Å². The second kappa shape index (κ2) is 11.2. The summed E-state index contributed by atoms with van der Waals surface area (Å²) in [5.41, 5.74) is 0.460. The Morgan fingerprint density at radius 3 is 2.38 bits per heavy atom. The monoisotopic (exact) mass is 421 g/mol. The van der Waals surface area contributed by atoms with Crippen molar-refractivity contribution in [3.8, 4) is 17.2 Å². The molecule has 0 unspecified atom stereocenters. The summed E-state index contributed by atoms with van der Waals surface area (Å²) in [6.45, 7) is 3.65. The number of anilines is 1. The molecule has 2 aromatic rings. The van der Waals surface area contributed by atoms with E-state index < -0.39 is 18.0 Å². The van der Waals surface area contributed by atoms with Crippen LogP contribution in [0.2, 0.25) is 5.02 Å². The van der Waals surface area contributed by atoms with E-state index in [4.69, 9.17) is 30.5 Å². The van der Waals surface area contributed by atoms with Gasteiger partial charge in [-0.15, -0.1) is 0 Å². The number of carbonyl (C=O) groups excluding carboxylic acids is 2. The van der Waals surface area contributed by atoms with Gasteiger partial charge in [-0.05, 0) is 43.7 Å². The Balaban J connectivity index is 1.85. The van der Waals surface area contributed by atoms with E-state index in [1.807, 2.05) is 13.0 Å². The smallest absolute Gasteiger partial charge is 0.344 e. The number of para-hydroxylation sites is 2. The average Bonchev–Trinajstić information content (AvgIpc) is 2.71. The molecule has 0 fully saturated rings. The quantitative estimate of drug-likeness (QED) is 0.582. The maximum Gasteiger partial charge on any atom is 0.344 e. The molecule has 1 atom stereocenters. The Labute approximate surface area is 174 Å². The van der Waals surface area contributed by atoms with Gasteiger partial charge in [0.1, 0.15) is 5.75 Å². The molecule has 0 aromatic heterocycles. The number of ether oxygens (including phenoxy) is 4. The Hall–Kier alpha value is -2.93. The summed E-state index contributed by atoms with van der Waals surface area (Å²) in [6.07, 6.45) is -0.166. The molecule has 0 aliphatic rings. The lowest BCUT2D eigenvalue weighted by molar-refractivity contribution is -0.155. The van der Waals surface area contributed by atoms with Crippen LogP contribution in [0.25, 0.3) is 0 Å². The molecule has 0 heterocycles. The SMILES string of the molecule is CCCOc1ccccc1OCC(=O)O[C@@H](C)C(=O)Nc1ccc(OC)c(Cl)c1. The minimum Gasteiger partial charge on any atom is -0.495 e. The summed E-state index contributed by atoms with van der Waals surface area (Å²) < 4.78 is 21.2. The highest BCUT2D eigenvalue weighted by Crippen LogP contribution is 2.28. The number of esters is 1. The summed E-state index contributed by atoms with van der Waals surface area (Å²) in [5, 5.41) is 2.98. The molecule has 2 aromatic carbocycles. The maximum absolute atomic E-state index is 12.2. The first-order chi connectivity index (χ1) is 13.9. The summed E-state index contributed by atoms with van der Waals surface area (Å²) in [5.74, 6) is 0.300. The Morgan fingerprint density at radius 1 is 1.07 bits per heavy atom. The minimum atomic E-state index is -1.02. The molecule has 0 bridgehead atoms. The second-order valence-electron chi connectivity index (χ2n) is 6.05. The Kier molecular flexibility index (Phi) is 8.61. The third kappa shape index (κ3) is 6.87. The molecular formula is C21H24ClNO6. The zero-order valence-corrected chi connectivity index (χ0v) is 17.3. The van der Waals surface area contributed by atoms with Crippen LogP contribution in [-0.2, 0) is 14.3 Å². The van der Waals surface area contributed by atoms with Crippen LogP contribution in [0.5, 0.6) is 17.2 Å². The number of carbonyl (C=O) groups is 2. The van der Waals surface area contributed by atoms with Crippen LogP contribution in [0.4, 0.5) is 5.69 Å². The number of methoxy groups -OCH3 is 1. The number of nitrogens with one attached hydrogen (secondary N) is 1. The first-order valence-corrected chi connectivity index (χ1v) is 9.51. The van der Waals surface area contributed by atoms with Gasteiger partial charge in [-0.1, -0.05) is 30.7 Å². The van der Waals surface area contributed by atoms with Crippen LogP contribution in [0.15, 0.2) is 42.5 Å². The summed E-state index contributed by atoms with van der Waals surface area (Å²) >= 11 is 6.03. The number of halogens is 1. The zero-order valence-electron chi connectivity index (χ0n) is 16.6. The van der Waals surface area contributed by atoms with E-state index in [0.717, 1.165) is 6.42 Å². The van der Waals surface area contributed by atoms with Crippen molar-refractivity contribution in [2.24, 2.45) is 0 Å². The van der Waals surface area contributed by atoms with Crippen LogP contribution < -0.4 is 19.5 Å². The van der Waals surface area contributed by atoms with Crippen LogP contribution in [0.1, 0.15) is 20.3 Å². The van der Waals surface area contributed by atoms with E-state index in [9.17, 15) is 9.59 Å². The van der Waals surface area contributed by atoms with Crippen molar-refractivity contribution in [3.05, 3.63) is 47.5 Å². The first kappa shape index (κ1) is 22.4. The summed E-state index contributed by atoms with van der Waals surface area (Å²) in [4.78, 5) is 24.3. The molecule has 29 heavy (non-hydrogen) atoms. The molecule has 8 heteroatoms. The van der Waals surface area contributed by atoms with E-state index in [2.05, 4.69) is 5.32 Å². The van der Waals surface area contributed by atoms with Crippen LogP contribution >= 0.6 is 11.6 Å². The van der Waals surface area contributed by atoms with Gasteiger partial charge in [0.2, 0.25) is 0 Å². The third-order valence-electron chi connectivity index (χ3n) is 3.75. The normalized spacial score (nSPS) is 11.3. The van der Waals surface area contributed by atoms with E-state index in [1.54, 1.807) is 36.4 Å². The molecule has 156 valence electrons. The standard InChI is InChI=1S/C21H24ClNO6/c1-4-11-27-18-7-5-6-8-19(18)28-13-20(24)29-14(2)21(25)23-15-9-10-17(26-3)16(22)12-15/h5-10,12,14H,4,11,13H2,1-3H3,(H,23,25)/t14-/m0/s1. The lowest BCUT2D eigenvalue weighted by Crippen LogP contribution is -2.31.